The fourth-order valence-corrected chi connectivity index (χ4v) is 7.83. The van der Waals surface area contributed by atoms with Gasteiger partial charge < -0.3 is 28.8 Å². The highest BCUT2D eigenvalue weighted by Gasteiger charge is 2.61. The Hall–Kier alpha value is -3.68. The summed E-state index contributed by atoms with van der Waals surface area (Å²) in [4.78, 5) is 54.4. The molecule has 2 aromatic rings. The predicted octanol–water partition coefficient (Wildman–Crippen LogP) is 8.31. The highest BCUT2D eigenvalue weighted by molar-refractivity contribution is 6.74. The second-order valence-electron chi connectivity index (χ2n) is 19.0. The van der Waals surface area contributed by atoms with E-state index in [2.05, 4.69) is 33.9 Å². The summed E-state index contributed by atoms with van der Waals surface area (Å²) in [6, 6.07) is 18.0. The number of esters is 2. The van der Waals surface area contributed by atoms with Crippen molar-refractivity contribution < 1.29 is 47.0 Å². The van der Waals surface area contributed by atoms with Gasteiger partial charge in [0.05, 0.1) is 12.1 Å². The Bertz CT molecular complexity index is 1690. The average molecular weight is 817 g/mol. The van der Waals surface area contributed by atoms with Crippen LogP contribution >= 0.6 is 0 Å². The molecule has 2 fully saturated rings. The number of carbonyl (C=O) groups is 4. The monoisotopic (exact) mass is 816 g/mol. The number of rotatable bonds is 12. The lowest BCUT2D eigenvalue weighted by atomic mass is 9.82. The Morgan fingerprint density at radius 1 is 0.719 bits per heavy atom. The van der Waals surface area contributed by atoms with E-state index in [1.54, 1.807) is 48.5 Å². The van der Waals surface area contributed by atoms with E-state index in [9.17, 15) is 28.7 Å². The topological polar surface area (TPSA) is 123 Å². The van der Waals surface area contributed by atoms with Gasteiger partial charge in [0.1, 0.15) is 22.0 Å². The first-order valence-electron chi connectivity index (χ1n) is 19.8. The Morgan fingerprint density at radius 3 is 1.39 bits per heavy atom. The van der Waals surface area contributed by atoms with E-state index in [1.807, 2.05) is 67.6 Å². The number of likely N-dealkylation sites (tertiary alicyclic amines) is 2. The minimum absolute atomic E-state index is 0.0133. The van der Waals surface area contributed by atoms with Crippen LogP contribution in [0.3, 0.4) is 0 Å². The van der Waals surface area contributed by atoms with Gasteiger partial charge in [-0.2, -0.15) is 0 Å². The largest absolute Gasteiger partial charge is 0.459 e. The predicted molar refractivity (Wildman–Crippen MR) is 219 cm³/mol. The van der Waals surface area contributed by atoms with Crippen molar-refractivity contribution in [2.24, 2.45) is 10.8 Å². The van der Waals surface area contributed by atoms with Crippen LogP contribution in [0.5, 0.6) is 0 Å². The number of hydrogen-bond donors (Lipinski definition) is 1. The van der Waals surface area contributed by atoms with Crippen molar-refractivity contribution in [2.45, 2.75) is 143 Å². The third-order valence-corrected chi connectivity index (χ3v) is 15.9. The van der Waals surface area contributed by atoms with Gasteiger partial charge in [-0.25, -0.2) is 8.78 Å². The second-order valence-corrected chi connectivity index (χ2v) is 23.8. The quantitative estimate of drug-likeness (QED) is 0.168. The van der Waals surface area contributed by atoms with Crippen molar-refractivity contribution in [3.05, 3.63) is 71.8 Å². The van der Waals surface area contributed by atoms with E-state index in [1.165, 1.54) is 9.80 Å². The van der Waals surface area contributed by atoms with Crippen molar-refractivity contribution in [1.82, 2.24) is 9.80 Å². The molecule has 2 aromatic carbocycles. The van der Waals surface area contributed by atoms with E-state index >= 15 is 4.39 Å². The Morgan fingerprint density at radius 2 is 1.07 bits per heavy atom. The average Bonchev–Trinajstić information content (AvgIpc) is 3.52. The molecule has 2 aliphatic heterocycles. The maximum Gasteiger partial charge on any atom is 0.318 e. The summed E-state index contributed by atoms with van der Waals surface area (Å²) in [5, 5.41) is 9.37. The second kappa shape index (κ2) is 18.1. The van der Waals surface area contributed by atoms with Gasteiger partial charge in [-0.15, -0.1) is 0 Å². The Balaban J connectivity index is 0.000000315. The Kier molecular flexibility index (Phi) is 15.1. The summed E-state index contributed by atoms with van der Waals surface area (Å²) in [6.07, 6.45) is -4.06. The molecule has 13 heteroatoms. The van der Waals surface area contributed by atoms with E-state index in [-0.39, 0.29) is 49.7 Å². The molecule has 6 atom stereocenters. The molecule has 0 bridgehead atoms. The smallest absolute Gasteiger partial charge is 0.318 e. The van der Waals surface area contributed by atoms with Crippen LogP contribution in [0.25, 0.3) is 0 Å². The summed E-state index contributed by atoms with van der Waals surface area (Å²) >= 11 is 0. The maximum absolute atomic E-state index is 15.7. The standard InChI is InChI=1S/C25H40FNO4Si.C19H26FNO4/c1-18(19-13-11-10-12-14-19)27-17-25(20(26)21(27)28,22(29)31-23(2,3)4)15-16-30-32(8,9)24(5,6)7;1-13(14-8-6-5-7-9-14)21-12-19(10-11-22,15(20)16(21)23)17(24)25-18(2,3)4/h10-14,18,20H,15-17H2,1-9H3;5-9,13,15,22H,10-12H2,1-4H3/t18-,20?,25-;13-,15?,19-/m11/s1. The number of aliphatic hydroxyl groups excluding tert-OH is 1. The van der Waals surface area contributed by atoms with Crippen molar-refractivity contribution in [3.8, 4) is 0 Å². The minimum atomic E-state index is -2.09. The van der Waals surface area contributed by atoms with Gasteiger partial charge >= 0.3 is 11.9 Å². The van der Waals surface area contributed by atoms with E-state index in [0.717, 1.165) is 11.1 Å². The SMILES string of the molecule is C[C@H](c1ccccc1)N1C[C@@](CCO)(C(=O)OC(C)(C)C)C(F)C1=O.C[C@H](c1ccccc1)N1C[C@@](CCO[Si](C)(C)C(C)(C)C)(C(=O)OC(C)(C)C)C(F)C1=O. The van der Waals surface area contributed by atoms with Gasteiger partial charge in [-0.3, -0.25) is 19.2 Å². The summed E-state index contributed by atoms with van der Waals surface area (Å²) < 4.78 is 47.9. The van der Waals surface area contributed by atoms with Crippen LogP contribution in [0.1, 0.15) is 112 Å². The molecular formula is C44H66F2N2O8Si. The number of hydrogen-bond acceptors (Lipinski definition) is 8. The van der Waals surface area contributed by atoms with E-state index < -0.39 is 73.1 Å². The number of alkyl halides is 2. The van der Waals surface area contributed by atoms with Crippen LogP contribution in [-0.4, -0.2) is 96.8 Å². The number of carbonyl (C=O) groups excluding carboxylic acids is 4. The van der Waals surface area contributed by atoms with Gasteiger partial charge in [0.2, 0.25) is 0 Å². The highest BCUT2D eigenvalue weighted by Crippen LogP contribution is 2.45. The van der Waals surface area contributed by atoms with Crippen LogP contribution in [0.4, 0.5) is 8.78 Å². The van der Waals surface area contributed by atoms with Gasteiger partial charge in [0.15, 0.2) is 20.7 Å². The van der Waals surface area contributed by atoms with Gasteiger partial charge in [0.25, 0.3) is 11.8 Å². The van der Waals surface area contributed by atoms with Crippen molar-refractivity contribution in [2.75, 3.05) is 26.3 Å². The molecule has 4 rings (SSSR count). The lowest BCUT2D eigenvalue weighted by Crippen LogP contribution is -2.47. The van der Waals surface area contributed by atoms with Crippen molar-refractivity contribution in [1.29, 1.82) is 0 Å². The molecule has 0 aromatic heterocycles. The summed E-state index contributed by atoms with van der Waals surface area (Å²) in [5.74, 6) is -2.86. The first-order chi connectivity index (χ1) is 26.1. The maximum atomic E-state index is 15.7. The van der Waals surface area contributed by atoms with Gasteiger partial charge in [-0.05, 0) is 97.5 Å². The van der Waals surface area contributed by atoms with Crippen molar-refractivity contribution >= 4 is 32.1 Å². The van der Waals surface area contributed by atoms with E-state index in [0.29, 0.717) is 0 Å². The zero-order valence-electron chi connectivity index (χ0n) is 36.3. The van der Waals surface area contributed by atoms with Crippen LogP contribution in [-0.2, 0) is 33.1 Å². The third-order valence-electron chi connectivity index (χ3n) is 11.4. The molecule has 0 aliphatic carbocycles. The third kappa shape index (κ3) is 11.1. The van der Waals surface area contributed by atoms with Crippen molar-refractivity contribution in [3.63, 3.8) is 0 Å². The van der Waals surface area contributed by atoms with E-state index in [4.69, 9.17) is 13.9 Å². The molecule has 1 N–H and O–H groups in total. The van der Waals surface area contributed by atoms with Crippen LogP contribution in [0.2, 0.25) is 18.1 Å². The normalized spacial score (nSPS) is 24.1. The van der Waals surface area contributed by atoms with Crippen LogP contribution in [0, 0.1) is 10.8 Å². The first kappa shape index (κ1) is 47.7. The zero-order chi connectivity index (χ0) is 43.4. The number of benzene rings is 2. The molecular weight excluding hydrogens is 751 g/mol. The zero-order valence-corrected chi connectivity index (χ0v) is 37.3. The van der Waals surface area contributed by atoms with Gasteiger partial charge in [-0.1, -0.05) is 81.4 Å². The number of ether oxygens (including phenoxy) is 2. The summed E-state index contributed by atoms with van der Waals surface area (Å²) in [6.45, 7) is 24.2. The number of halogens is 2. The lowest BCUT2D eigenvalue weighted by molar-refractivity contribution is -0.172. The lowest BCUT2D eigenvalue weighted by Gasteiger charge is -2.38. The number of nitrogens with zero attached hydrogens (tertiary/aromatic N) is 2. The Labute approximate surface area is 339 Å². The van der Waals surface area contributed by atoms with Crippen LogP contribution in [0.15, 0.2) is 60.7 Å². The molecule has 0 spiro atoms. The molecule has 0 radical (unpaired) electrons. The van der Waals surface area contributed by atoms with Crippen LogP contribution < -0.4 is 0 Å². The molecule has 2 heterocycles. The van der Waals surface area contributed by atoms with Gasteiger partial charge in [0, 0.05) is 26.3 Å². The fourth-order valence-electron chi connectivity index (χ4n) is 6.78. The summed E-state index contributed by atoms with van der Waals surface area (Å²) in [5.41, 5.74) is -3.11. The molecule has 2 amide bonds. The molecule has 0 saturated carbocycles. The molecule has 57 heavy (non-hydrogen) atoms. The fraction of sp³-hybridized carbons (Fsp3) is 0.636. The molecule has 2 saturated heterocycles. The molecule has 2 aliphatic rings. The first-order valence-corrected chi connectivity index (χ1v) is 22.8. The molecule has 10 nitrogen and oxygen atoms in total. The minimum Gasteiger partial charge on any atom is -0.459 e. The highest BCUT2D eigenvalue weighted by atomic mass is 28.4. The summed E-state index contributed by atoms with van der Waals surface area (Å²) in [7, 11) is -2.09. The number of amides is 2. The number of aliphatic hydroxyl groups is 1. The molecule has 318 valence electrons. The molecule has 2 unspecified atom stereocenters.